The van der Waals surface area contributed by atoms with Crippen molar-refractivity contribution in [1.82, 2.24) is 4.90 Å². The molecule has 0 aliphatic rings. The molecule has 0 aromatic heterocycles. The maximum absolute atomic E-state index is 10.1. The van der Waals surface area contributed by atoms with Crippen molar-refractivity contribution in [2.45, 2.75) is 0 Å². The zero-order valence-corrected chi connectivity index (χ0v) is 15.6. The second-order valence-electron chi connectivity index (χ2n) is 2.33. The zero-order valence-electron chi connectivity index (χ0n) is 9.63. The van der Waals surface area contributed by atoms with E-state index in [4.69, 9.17) is 15.3 Å². The van der Waals surface area contributed by atoms with Crippen molar-refractivity contribution in [2.24, 2.45) is 0 Å². The second-order valence-corrected chi connectivity index (χ2v) is 2.33. The fourth-order valence-electron chi connectivity index (χ4n) is 0.742. The summed E-state index contributed by atoms with van der Waals surface area (Å²) in [6.07, 6.45) is 0. The van der Waals surface area contributed by atoms with Crippen LogP contribution < -0.4 is 88.7 Å². The first-order valence-electron chi connectivity index (χ1n) is 3.29. The number of rotatable bonds is 6. The number of carbonyl (C=O) groups is 3. The van der Waals surface area contributed by atoms with E-state index in [1.54, 1.807) is 0 Å². The molecule has 0 amide bonds. The smallest absolute Gasteiger partial charge is 0.480 e. The van der Waals surface area contributed by atoms with Crippen LogP contribution in [-0.4, -0.2) is 57.8 Å². The van der Waals surface area contributed by atoms with Gasteiger partial charge in [0.15, 0.2) is 0 Å². The normalized spacial score (nSPS) is 8.06. The summed E-state index contributed by atoms with van der Waals surface area (Å²) in [6, 6.07) is 0. The summed E-state index contributed by atoms with van der Waals surface area (Å²) in [4.78, 5) is 31.2. The minimum Gasteiger partial charge on any atom is -0.480 e. The van der Waals surface area contributed by atoms with Crippen molar-refractivity contribution in [3.8, 4) is 0 Å². The van der Waals surface area contributed by atoms with Gasteiger partial charge < -0.3 is 15.3 Å². The molecule has 10 heteroatoms. The molecule has 0 aliphatic heterocycles. The van der Waals surface area contributed by atoms with Gasteiger partial charge in [0.25, 0.3) is 0 Å². The maximum atomic E-state index is 10.1. The Balaban J connectivity index is -0.000000240. The number of nitrogens with zero attached hydrogens (tertiary/aromatic N) is 1. The summed E-state index contributed by atoms with van der Waals surface area (Å²) in [5, 5.41) is 24.8. The van der Waals surface area contributed by atoms with Gasteiger partial charge in [0, 0.05) is 0 Å². The Morgan fingerprint density at radius 1 is 0.688 bits per heavy atom. The van der Waals surface area contributed by atoms with Crippen LogP contribution in [0.25, 0.3) is 0 Å². The molecule has 0 fully saturated rings. The number of carboxylic acids is 3. The molecule has 0 aliphatic carbocycles. The van der Waals surface area contributed by atoms with Crippen LogP contribution in [0.15, 0.2) is 0 Å². The molecule has 0 atom stereocenters. The molecule has 7 nitrogen and oxygen atoms in total. The van der Waals surface area contributed by atoms with E-state index in [0.717, 1.165) is 4.90 Å². The molecule has 0 aromatic rings. The summed E-state index contributed by atoms with van der Waals surface area (Å²) in [6.45, 7) is -1.80. The SMILES string of the molecule is O=C(O)CN(CC(=O)O)CC(=O)O.[Na+].[Na+].[Na+]. The maximum Gasteiger partial charge on any atom is 1.00 e. The van der Waals surface area contributed by atoms with E-state index in [-0.39, 0.29) is 88.7 Å². The number of aliphatic carboxylic acids is 3. The average Bonchev–Trinajstić information content (AvgIpc) is 1.80. The molecule has 0 rings (SSSR count). The Morgan fingerprint density at radius 2 is 0.875 bits per heavy atom. The summed E-state index contributed by atoms with van der Waals surface area (Å²) >= 11 is 0. The van der Waals surface area contributed by atoms with Crippen LogP contribution in [0.5, 0.6) is 0 Å². The number of hydrogen-bond acceptors (Lipinski definition) is 4. The molecule has 0 saturated heterocycles. The first kappa shape index (κ1) is 26.0. The molecule has 16 heavy (non-hydrogen) atoms. The van der Waals surface area contributed by atoms with E-state index < -0.39 is 37.5 Å². The van der Waals surface area contributed by atoms with Gasteiger partial charge in [-0.15, -0.1) is 0 Å². The van der Waals surface area contributed by atoms with Gasteiger partial charge in [0.05, 0.1) is 19.6 Å². The van der Waals surface area contributed by atoms with Gasteiger partial charge in [0.2, 0.25) is 0 Å². The van der Waals surface area contributed by atoms with Gasteiger partial charge in [-0.1, -0.05) is 0 Å². The van der Waals surface area contributed by atoms with Crippen molar-refractivity contribution in [3.63, 3.8) is 0 Å². The van der Waals surface area contributed by atoms with Gasteiger partial charge in [-0.2, -0.15) is 0 Å². The minimum atomic E-state index is -1.26. The molecule has 0 saturated carbocycles. The van der Waals surface area contributed by atoms with Crippen LogP contribution in [0.3, 0.4) is 0 Å². The van der Waals surface area contributed by atoms with Gasteiger partial charge in [-0.05, 0) is 0 Å². The predicted molar refractivity (Wildman–Crippen MR) is 39.3 cm³/mol. The Bertz CT molecular complexity index is 198. The van der Waals surface area contributed by atoms with E-state index in [9.17, 15) is 14.4 Å². The summed E-state index contributed by atoms with van der Waals surface area (Å²) in [7, 11) is 0. The molecule has 0 heterocycles. The zero-order chi connectivity index (χ0) is 10.4. The largest absolute Gasteiger partial charge is 1.00 e. The van der Waals surface area contributed by atoms with E-state index in [0.29, 0.717) is 0 Å². The van der Waals surface area contributed by atoms with Gasteiger partial charge in [-0.3, -0.25) is 19.3 Å². The van der Waals surface area contributed by atoms with Crippen LogP contribution in [0.4, 0.5) is 0 Å². The molecule has 0 bridgehead atoms. The minimum absolute atomic E-state index is 0. The van der Waals surface area contributed by atoms with E-state index in [1.165, 1.54) is 0 Å². The van der Waals surface area contributed by atoms with Crippen LogP contribution in [0, 0.1) is 0 Å². The van der Waals surface area contributed by atoms with E-state index >= 15 is 0 Å². The van der Waals surface area contributed by atoms with Crippen molar-refractivity contribution in [2.75, 3.05) is 19.6 Å². The molecule has 0 unspecified atom stereocenters. The van der Waals surface area contributed by atoms with Crippen molar-refractivity contribution < 1.29 is 118 Å². The molecule has 0 spiro atoms. The molecular weight excluding hydrogens is 251 g/mol. The summed E-state index contributed by atoms with van der Waals surface area (Å²) < 4.78 is 0. The fraction of sp³-hybridized carbons (Fsp3) is 0.500. The van der Waals surface area contributed by atoms with Crippen LogP contribution >= 0.6 is 0 Å². The van der Waals surface area contributed by atoms with Crippen molar-refractivity contribution >= 4 is 17.9 Å². The standard InChI is InChI=1S/C6H9NO6.3Na/c8-4(9)1-7(2-5(10)11)3-6(12)13;;;/h1-3H2,(H,8,9)(H,10,11)(H,12,13);;;/q;3*+1. The first-order chi connectivity index (χ1) is 5.91. The molecule has 0 aromatic carbocycles. The number of hydrogen-bond donors (Lipinski definition) is 3. The Hall–Kier alpha value is 1.37. The number of carboxylic acid groups (broad SMARTS) is 3. The Morgan fingerprint density at radius 3 is 1.00 bits per heavy atom. The summed E-state index contributed by atoms with van der Waals surface area (Å²) in [5.41, 5.74) is 0. The monoisotopic (exact) mass is 260 g/mol. The first-order valence-corrected chi connectivity index (χ1v) is 3.29. The van der Waals surface area contributed by atoms with Crippen LogP contribution in [0.1, 0.15) is 0 Å². The Labute approximate surface area is 158 Å². The van der Waals surface area contributed by atoms with E-state index in [2.05, 4.69) is 0 Å². The van der Waals surface area contributed by atoms with Crippen molar-refractivity contribution in [3.05, 3.63) is 0 Å². The summed E-state index contributed by atoms with van der Waals surface area (Å²) in [5.74, 6) is -3.78. The van der Waals surface area contributed by atoms with Crippen LogP contribution in [0.2, 0.25) is 0 Å². The van der Waals surface area contributed by atoms with E-state index in [1.807, 2.05) is 0 Å². The molecule has 3 N–H and O–H groups in total. The third-order valence-electron chi connectivity index (χ3n) is 1.08. The predicted octanol–water partition coefficient (Wildman–Crippen LogP) is -10.4. The Kier molecular flexibility index (Phi) is 23.5. The van der Waals surface area contributed by atoms with Gasteiger partial charge in [0.1, 0.15) is 0 Å². The third-order valence-corrected chi connectivity index (χ3v) is 1.08. The average molecular weight is 260 g/mol. The van der Waals surface area contributed by atoms with Gasteiger partial charge >= 0.3 is 107 Å². The molecule has 74 valence electrons. The second kappa shape index (κ2) is 14.4. The van der Waals surface area contributed by atoms with Crippen molar-refractivity contribution in [1.29, 1.82) is 0 Å². The van der Waals surface area contributed by atoms with Gasteiger partial charge in [-0.25, -0.2) is 0 Å². The quantitative estimate of drug-likeness (QED) is 0.406. The fourth-order valence-corrected chi connectivity index (χ4v) is 0.742. The van der Waals surface area contributed by atoms with Crippen LogP contribution in [-0.2, 0) is 14.4 Å². The third kappa shape index (κ3) is 17.8. The molecular formula is C6H9NNa3O6+3. The topological polar surface area (TPSA) is 115 Å². The molecule has 0 radical (unpaired) electrons.